The summed E-state index contributed by atoms with van der Waals surface area (Å²) >= 11 is 0. The standard InChI is InChI=1S/C36H36N4O7S/c1-36(2,3)47-35(44)39-28-32(42)40-29(34(43)46-31(23-10-6-4-7-11-23)24-12-8-5-9-13-24)26(21-48(45)33(28)40)20-25-16-19-38-27(25)30(41)22-14-17-37-18-15-22/h4-15,17-18,20,27-28,31,33,38H,16,19,21H2,1-3H3,(H,39,44)/b25-20+. The second-order valence-electron chi connectivity index (χ2n) is 12.7. The van der Waals surface area contributed by atoms with Crippen LogP contribution in [0.4, 0.5) is 4.79 Å². The number of aromatic nitrogens is 1. The van der Waals surface area contributed by atoms with E-state index >= 15 is 0 Å². The van der Waals surface area contributed by atoms with Crippen LogP contribution in [0.15, 0.2) is 108 Å². The third kappa shape index (κ3) is 6.85. The highest BCUT2D eigenvalue weighted by molar-refractivity contribution is 7.86. The van der Waals surface area contributed by atoms with Gasteiger partial charge in [-0.15, -0.1) is 0 Å². The number of nitrogens with one attached hydrogen (secondary N) is 2. The number of ether oxygens (including phenoxy) is 2. The summed E-state index contributed by atoms with van der Waals surface area (Å²) in [5, 5.41) is 4.74. The predicted octanol–water partition coefficient (Wildman–Crippen LogP) is 3.96. The van der Waals surface area contributed by atoms with Gasteiger partial charge in [-0.2, -0.15) is 0 Å². The molecule has 2 saturated heterocycles. The largest absolute Gasteiger partial charge is 0.448 e. The maximum absolute atomic E-state index is 14.3. The molecule has 0 saturated carbocycles. The second-order valence-corrected chi connectivity index (χ2v) is 14.2. The number of hydrogen-bond donors (Lipinski definition) is 2. The number of amides is 2. The first kappa shape index (κ1) is 33.0. The lowest BCUT2D eigenvalue weighted by molar-refractivity contribution is -0.153. The highest BCUT2D eigenvalue weighted by Crippen LogP contribution is 2.38. The number of ketones is 1. The quantitative estimate of drug-likeness (QED) is 0.207. The topological polar surface area (TPSA) is 144 Å². The van der Waals surface area contributed by atoms with E-state index < -0.39 is 57.9 Å². The summed E-state index contributed by atoms with van der Waals surface area (Å²) < 4.78 is 25.3. The smallest absolute Gasteiger partial charge is 0.408 e. The summed E-state index contributed by atoms with van der Waals surface area (Å²) in [5.74, 6) is -1.69. The van der Waals surface area contributed by atoms with Crippen LogP contribution in [0.2, 0.25) is 0 Å². The molecule has 1 aromatic heterocycles. The first-order chi connectivity index (χ1) is 23.0. The van der Waals surface area contributed by atoms with Crippen molar-refractivity contribution in [2.45, 2.75) is 56.4 Å². The van der Waals surface area contributed by atoms with Crippen LogP contribution in [-0.4, -0.2) is 73.2 Å². The van der Waals surface area contributed by atoms with Gasteiger partial charge in [-0.1, -0.05) is 66.7 Å². The Bertz CT molecular complexity index is 1770. The summed E-state index contributed by atoms with van der Waals surface area (Å²) in [6, 6.07) is 19.9. The number of nitrogens with zero attached hydrogens (tertiary/aromatic N) is 2. The summed E-state index contributed by atoms with van der Waals surface area (Å²) in [6.45, 7) is 5.59. The fraction of sp³-hybridized carbons (Fsp3) is 0.306. The third-order valence-corrected chi connectivity index (χ3v) is 9.79. The molecular formula is C36H36N4O7S. The molecule has 0 bridgehead atoms. The van der Waals surface area contributed by atoms with Crippen molar-refractivity contribution in [2.24, 2.45) is 0 Å². The molecule has 12 heteroatoms. The monoisotopic (exact) mass is 668 g/mol. The van der Waals surface area contributed by atoms with Crippen molar-refractivity contribution in [3.05, 3.63) is 125 Å². The van der Waals surface area contributed by atoms with E-state index in [1.54, 1.807) is 51.4 Å². The zero-order chi connectivity index (χ0) is 34.0. The van der Waals surface area contributed by atoms with Crippen LogP contribution in [0.1, 0.15) is 54.8 Å². The van der Waals surface area contributed by atoms with Gasteiger partial charge in [0.2, 0.25) is 0 Å². The summed E-state index contributed by atoms with van der Waals surface area (Å²) in [4.78, 5) is 59.3. The lowest BCUT2D eigenvalue weighted by atomic mass is 9.96. The molecular weight excluding hydrogens is 632 g/mol. The van der Waals surface area contributed by atoms with Gasteiger partial charge >= 0.3 is 12.1 Å². The second kappa shape index (κ2) is 13.7. The zero-order valence-electron chi connectivity index (χ0n) is 26.8. The Hall–Kier alpha value is -4.94. The van der Waals surface area contributed by atoms with E-state index in [1.165, 1.54) is 0 Å². The van der Waals surface area contributed by atoms with E-state index in [0.29, 0.717) is 29.7 Å². The van der Waals surface area contributed by atoms with Gasteiger partial charge in [0.1, 0.15) is 22.7 Å². The average Bonchev–Trinajstić information content (AvgIpc) is 3.54. The number of carbonyl (C=O) groups excluding carboxylic acids is 4. The van der Waals surface area contributed by atoms with E-state index in [4.69, 9.17) is 9.47 Å². The molecule has 0 aliphatic carbocycles. The molecule has 3 aromatic rings. The fourth-order valence-electron chi connectivity index (χ4n) is 6.05. The molecule has 0 radical (unpaired) electrons. The highest BCUT2D eigenvalue weighted by atomic mass is 32.2. The minimum atomic E-state index is -1.72. The normalized spacial score (nSPS) is 23.0. The lowest BCUT2D eigenvalue weighted by Crippen LogP contribution is -2.73. The van der Waals surface area contributed by atoms with Gasteiger partial charge in [-0.3, -0.25) is 23.7 Å². The molecule has 248 valence electrons. The van der Waals surface area contributed by atoms with E-state index in [9.17, 15) is 23.4 Å². The first-order valence-electron chi connectivity index (χ1n) is 15.6. The molecule has 48 heavy (non-hydrogen) atoms. The maximum atomic E-state index is 14.3. The van der Waals surface area contributed by atoms with Gasteiger partial charge in [0, 0.05) is 18.0 Å². The Balaban J connectivity index is 1.39. The van der Waals surface area contributed by atoms with Gasteiger partial charge < -0.3 is 20.1 Å². The molecule has 3 aliphatic heterocycles. The van der Waals surface area contributed by atoms with Crippen LogP contribution in [0, 0.1) is 0 Å². The Labute approximate surface area is 280 Å². The van der Waals surface area contributed by atoms with Crippen molar-refractivity contribution in [3.8, 4) is 0 Å². The van der Waals surface area contributed by atoms with Gasteiger partial charge in [0.25, 0.3) is 5.91 Å². The molecule has 2 fully saturated rings. The van der Waals surface area contributed by atoms with Gasteiger partial charge in [-0.25, -0.2) is 9.59 Å². The number of β-lactam (4-membered cyclic amide) rings is 1. The van der Waals surface area contributed by atoms with Gasteiger partial charge in [0.05, 0.1) is 22.6 Å². The summed E-state index contributed by atoms with van der Waals surface area (Å²) in [6.07, 6.45) is 3.63. The molecule has 4 heterocycles. The molecule has 3 aliphatic rings. The van der Waals surface area contributed by atoms with Crippen LogP contribution in [0.5, 0.6) is 0 Å². The van der Waals surface area contributed by atoms with Crippen molar-refractivity contribution >= 4 is 34.6 Å². The third-order valence-electron chi connectivity index (χ3n) is 8.17. The molecule has 6 rings (SSSR count). The Morgan fingerprint density at radius 3 is 2.23 bits per heavy atom. The average molecular weight is 669 g/mol. The number of benzene rings is 2. The molecule has 0 spiro atoms. The number of hydrogen-bond acceptors (Lipinski definition) is 9. The van der Waals surface area contributed by atoms with Crippen LogP contribution in [0.25, 0.3) is 0 Å². The van der Waals surface area contributed by atoms with Crippen molar-refractivity contribution < 1.29 is 32.9 Å². The molecule has 2 aromatic carbocycles. The predicted molar refractivity (Wildman–Crippen MR) is 178 cm³/mol. The van der Waals surface area contributed by atoms with Crippen molar-refractivity contribution in [1.82, 2.24) is 20.5 Å². The number of allylic oxidation sites excluding steroid dienone is 1. The highest BCUT2D eigenvalue weighted by Gasteiger charge is 2.58. The minimum Gasteiger partial charge on any atom is -0.448 e. The molecule has 4 unspecified atom stereocenters. The molecule has 4 atom stereocenters. The minimum absolute atomic E-state index is 0.0711. The Morgan fingerprint density at radius 2 is 1.62 bits per heavy atom. The summed E-state index contributed by atoms with van der Waals surface area (Å²) in [5.41, 5.74) is 2.01. The number of rotatable bonds is 8. The molecule has 2 amide bonds. The SMILES string of the molecule is CC(C)(C)OC(=O)NC1C(=O)N2C(C(=O)OC(c3ccccc3)c3ccccc3)=C(/C=C3\CCNC3C(=O)c3ccncc3)CS(=O)C12. The van der Waals surface area contributed by atoms with E-state index in [0.717, 1.165) is 16.0 Å². The number of fused-ring (bicyclic) bond motifs is 1. The Morgan fingerprint density at radius 1 is 1.00 bits per heavy atom. The van der Waals surface area contributed by atoms with E-state index in [2.05, 4.69) is 15.6 Å². The number of carbonyl (C=O) groups is 4. The fourth-order valence-corrected chi connectivity index (χ4v) is 7.68. The van der Waals surface area contributed by atoms with Crippen LogP contribution < -0.4 is 10.6 Å². The summed E-state index contributed by atoms with van der Waals surface area (Å²) in [7, 11) is -1.72. The van der Waals surface area contributed by atoms with Crippen molar-refractivity contribution in [2.75, 3.05) is 12.3 Å². The van der Waals surface area contributed by atoms with Gasteiger partial charge in [0.15, 0.2) is 11.9 Å². The van der Waals surface area contributed by atoms with E-state index in [1.807, 2.05) is 60.7 Å². The molecule has 11 nitrogen and oxygen atoms in total. The van der Waals surface area contributed by atoms with Gasteiger partial charge in [-0.05, 0) is 68.1 Å². The maximum Gasteiger partial charge on any atom is 0.408 e. The first-order valence-corrected chi connectivity index (χ1v) is 17.0. The van der Waals surface area contributed by atoms with Crippen molar-refractivity contribution in [1.29, 1.82) is 0 Å². The number of alkyl carbamates (subject to hydrolysis) is 1. The van der Waals surface area contributed by atoms with Crippen LogP contribution >= 0.6 is 0 Å². The van der Waals surface area contributed by atoms with Crippen molar-refractivity contribution in [3.63, 3.8) is 0 Å². The van der Waals surface area contributed by atoms with E-state index in [-0.39, 0.29) is 17.2 Å². The Kier molecular flexibility index (Phi) is 9.38. The lowest BCUT2D eigenvalue weighted by Gasteiger charge is -2.49. The number of esters is 1. The zero-order valence-corrected chi connectivity index (χ0v) is 27.6. The molecule has 2 N–H and O–H groups in total. The van der Waals surface area contributed by atoms with Crippen LogP contribution in [-0.2, 0) is 29.9 Å². The number of pyridine rings is 1. The number of Topliss-reactive ketones (excluding diaryl/α,β-unsaturated/α-hetero) is 1. The van der Waals surface area contributed by atoms with Crippen LogP contribution in [0.3, 0.4) is 0 Å².